The molecule has 0 bridgehead atoms. The van der Waals surface area contributed by atoms with Crippen LogP contribution in [-0.4, -0.2) is 15.3 Å². The molecule has 0 spiro atoms. The van der Waals surface area contributed by atoms with E-state index >= 15 is 0 Å². The fraction of sp³-hybridized carbons (Fsp3) is 0.200. The topological polar surface area (TPSA) is 60.7 Å². The first-order valence-electron chi connectivity index (χ1n) is 5.74. The van der Waals surface area contributed by atoms with Gasteiger partial charge in [0, 0.05) is 11.6 Å². The van der Waals surface area contributed by atoms with Crippen LogP contribution in [0, 0.1) is 20.8 Å². The van der Waals surface area contributed by atoms with E-state index in [1.807, 2.05) is 32.9 Å². The van der Waals surface area contributed by atoms with E-state index in [1.165, 1.54) is 6.07 Å². The fourth-order valence-electron chi connectivity index (χ4n) is 2.16. The van der Waals surface area contributed by atoms with E-state index in [4.69, 9.17) is 0 Å². The third-order valence-electron chi connectivity index (χ3n) is 3.29. The van der Waals surface area contributed by atoms with Crippen LogP contribution < -0.4 is 0 Å². The SMILES string of the molecule is Cc1ccc(C)c(-c2cc(O)cc(O)c2O)c1C. The summed E-state index contributed by atoms with van der Waals surface area (Å²) >= 11 is 0. The van der Waals surface area contributed by atoms with Gasteiger partial charge in [-0.15, -0.1) is 0 Å². The fourth-order valence-corrected chi connectivity index (χ4v) is 2.16. The minimum Gasteiger partial charge on any atom is -0.508 e. The van der Waals surface area contributed by atoms with Crippen LogP contribution in [0.15, 0.2) is 24.3 Å². The molecule has 0 radical (unpaired) electrons. The summed E-state index contributed by atoms with van der Waals surface area (Å²) in [5.74, 6) is -0.587. The number of phenolic OH excluding ortho intramolecular Hbond substituents is 3. The van der Waals surface area contributed by atoms with Crippen molar-refractivity contribution in [2.75, 3.05) is 0 Å². The van der Waals surface area contributed by atoms with Crippen molar-refractivity contribution in [1.29, 1.82) is 0 Å². The van der Waals surface area contributed by atoms with Crippen molar-refractivity contribution in [3.8, 4) is 28.4 Å². The Morgan fingerprint density at radius 3 is 2.11 bits per heavy atom. The summed E-state index contributed by atoms with van der Waals surface area (Å²) in [5.41, 5.74) is 4.40. The van der Waals surface area contributed by atoms with Gasteiger partial charge in [0.05, 0.1) is 0 Å². The van der Waals surface area contributed by atoms with Crippen molar-refractivity contribution >= 4 is 0 Å². The molecule has 2 rings (SSSR count). The van der Waals surface area contributed by atoms with E-state index in [1.54, 1.807) is 0 Å². The van der Waals surface area contributed by atoms with Gasteiger partial charge >= 0.3 is 0 Å². The third kappa shape index (κ3) is 1.88. The van der Waals surface area contributed by atoms with E-state index in [2.05, 4.69) is 0 Å². The standard InChI is InChI=1S/C15H16O3/c1-8-4-5-9(2)14(10(8)3)12-6-11(16)7-13(17)15(12)18/h4-7,16-18H,1-3H3. The molecule has 0 unspecified atom stereocenters. The molecule has 2 aromatic rings. The first-order chi connectivity index (χ1) is 8.41. The molecule has 0 aliphatic carbocycles. The second kappa shape index (κ2) is 4.26. The smallest absolute Gasteiger partial charge is 0.165 e. The van der Waals surface area contributed by atoms with Gasteiger partial charge in [-0.3, -0.25) is 0 Å². The summed E-state index contributed by atoms with van der Waals surface area (Å²) in [5, 5.41) is 29.1. The van der Waals surface area contributed by atoms with Crippen molar-refractivity contribution in [3.05, 3.63) is 41.0 Å². The Balaban J connectivity index is 2.81. The van der Waals surface area contributed by atoms with Gasteiger partial charge in [-0.25, -0.2) is 0 Å². The number of aromatic hydroxyl groups is 3. The highest BCUT2D eigenvalue weighted by molar-refractivity contribution is 5.80. The van der Waals surface area contributed by atoms with Crippen molar-refractivity contribution in [2.45, 2.75) is 20.8 Å². The molecule has 2 aromatic carbocycles. The zero-order valence-electron chi connectivity index (χ0n) is 10.7. The Hall–Kier alpha value is -2.16. The molecule has 18 heavy (non-hydrogen) atoms. The van der Waals surface area contributed by atoms with Crippen LogP contribution in [0.3, 0.4) is 0 Å². The van der Waals surface area contributed by atoms with Crippen LogP contribution in [-0.2, 0) is 0 Å². The maximum absolute atomic E-state index is 9.95. The number of aryl methyl sites for hydroxylation is 2. The molecule has 0 aromatic heterocycles. The van der Waals surface area contributed by atoms with Crippen LogP contribution in [0.4, 0.5) is 0 Å². The second-order valence-corrected chi connectivity index (χ2v) is 4.56. The normalized spacial score (nSPS) is 10.6. The molecule has 0 heterocycles. The Labute approximate surface area is 106 Å². The van der Waals surface area contributed by atoms with Crippen molar-refractivity contribution in [1.82, 2.24) is 0 Å². The predicted octanol–water partition coefficient (Wildman–Crippen LogP) is 3.40. The molecule has 0 saturated heterocycles. The highest BCUT2D eigenvalue weighted by atomic mass is 16.3. The van der Waals surface area contributed by atoms with Gasteiger partial charge in [0.2, 0.25) is 0 Å². The molecule has 0 aliphatic rings. The number of phenols is 3. The molecular weight excluding hydrogens is 228 g/mol. The maximum Gasteiger partial charge on any atom is 0.165 e. The molecule has 0 fully saturated rings. The molecule has 0 amide bonds. The van der Waals surface area contributed by atoms with Gasteiger partial charge in [0.25, 0.3) is 0 Å². The Kier molecular flexibility index (Phi) is 2.91. The van der Waals surface area contributed by atoms with Crippen LogP contribution in [0.5, 0.6) is 17.2 Å². The number of hydrogen-bond acceptors (Lipinski definition) is 3. The van der Waals surface area contributed by atoms with Gasteiger partial charge in [0.1, 0.15) is 5.75 Å². The monoisotopic (exact) mass is 244 g/mol. The largest absolute Gasteiger partial charge is 0.508 e. The van der Waals surface area contributed by atoms with Gasteiger partial charge in [-0.05, 0) is 49.1 Å². The summed E-state index contributed by atoms with van der Waals surface area (Å²) in [7, 11) is 0. The second-order valence-electron chi connectivity index (χ2n) is 4.56. The average molecular weight is 244 g/mol. The summed E-state index contributed by atoms with van der Waals surface area (Å²) in [6.07, 6.45) is 0. The first-order valence-corrected chi connectivity index (χ1v) is 5.74. The highest BCUT2D eigenvalue weighted by Gasteiger charge is 2.15. The Morgan fingerprint density at radius 1 is 0.833 bits per heavy atom. The Morgan fingerprint density at radius 2 is 1.44 bits per heavy atom. The molecule has 3 heteroatoms. The lowest BCUT2D eigenvalue weighted by atomic mass is 9.92. The highest BCUT2D eigenvalue weighted by Crippen LogP contribution is 2.42. The number of rotatable bonds is 1. The zero-order valence-corrected chi connectivity index (χ0v) is 10.7. The minimum absolute atomic E-state index is 0.0689. The summed E-state index contributed by atoms with van der Waals surface area (Å²) in [6.45, 7) is 5.87. The van der Waals surface area contributed by atoms with E-state index < -0.39 is 0 Å². The molecule has 3 nitrogen and oxygen atoms in total. The van der Waals surface area contributed by atoms with E-state index in [9.17, 15) is 15.3 Å². The van der Waals surface area contributed by atoms with Gasteiger partial charge in [-0.2, -0.15) is 0 Å². The van der Waals surface area contributed by atoms with Crippen LogP contribution >= 0.6 is 0 Å². The van der Waals surface area contributed by atoms with Crippen molar-refractivity contribution in [3.63, 3.8) is 0 Å². The molecular formula is C15H16O3. The summed E-state index contributed by atoms with van der Waals surface area (Å²) in [4.78, 5) is 0. The van der Waals surface area contributed by atoms with Crippen molar-refractivity contribution < 1.29 is 15.3 Å². The molecule has 0 saturated carbocycles. The van der Waals surface area contributed by atoms with Gasteiger partial charge in [0.15, 0.2) is 11.5 Å². The molecule has 0 aliphatic heterocycles. The van der Waals surface area contributed by atoms with Crippen LogP contribution in [0.1, 0.15) is 16.7 Å². The van der Waals surface area contributed by atoms with E-state index in [0.29, 0.717) is 5.56 Å². The van der Waals surface area contributed by atoms with E-state index in [0.717, 1.165) is 28.3 Å². The number of benzene rings is 2. The maximum atomic E-state index is 9.95. The van der Waals surface area contributed by atoms with E-state index in [-0.39, 0.29) is 17.2 Å². The lowest BCUT2D eigenvalue weighted by Gasteiger charge is -2.15. The van der Waals surface area contributed by atoms with Crippen molar-refractivity contribution in [2.24, 2.45) is 0 Å². The van der Waals surface area contributed by atoms with Gasteiger partial charge < -0.3 is 15.3 Å². The zero-order chi connectivity index (χ0) is 13.4. The number of hydrogen-bond donors (Lipinski definition) is 3. The molecule has 94 valence electrons. The first kappa shape index (κ1) is 12.3. The third-order valence-corrected chi connectivity index (χ3v) is 3.29. The predicted molar refractivity (Wildman–Crippen MR) is 71.1 cm³/mol. The van der Waals surface area contributed by atoms with Crippen LogP contribution in [0.2, 0.25) is 0 Å². The van der Waals surface area contributed by atoms with Crippen LogP contribution in [0.25, 0.3) is 11.1 Å². The molecule has 3 N–H and O–H groups in total. The summed E-state index contributed by atoms with van der Waals surface area (Å²) in [6, 6.07) is 6.55. The lowest BCUT2D eigenvalue weighted by molar-refractivity contribution is 0.398. The quantitative estimate of drug-likeness (QED) is 0.532. The molecule has 0 atom stereocenters. The average Bonchev–Trinajstić information content (AvgIpc) is 2.30. The minimum atomic E-state index is -0.315. The lowest BCUT2D eigenvalue weighted by Crippen LogP contribution is -1.92. The van der Waals surface area contributed by atoms with Gasteiger partial charge in [-0.1, -0.05) is 12.1 Å². The Bertz CT molecular complexity index is 616. The summed E-state index contributed by atoms with van der Waals surface area (Å²) < 4.78 is 0.